The van der Waals surface area contributed by atoms with Gasteiger partial charge in [-0.25, -0.2) is 0 Å². The first-order chi connectivity index (χ1) is 11.4. The predicted molar refractivity (Wildman–Crippen MR) is 98.4 cm³/mol. The van der Waals surface area contributed by atoms with Crippen LogP contribution >= 0.6 is 0 Å². The standard InChI is InChI=1S/C13H13NO2.C6H16N2/c1-7-8-3-2-4-10(8)14-11-6-13(16)12(15)5-9(7)11;1-6(8)4-2-3-5-7/h5-6,15-16H,2-4H2,1H3;6H,2-5,7-8H2,1H3. The SMILES string of the molecule is CC(N)CCCCN.Cc1c2c(nc3cc(O)c(O)cc13)CCC2. The predicted octanol–water partition coefficient (Wildman–Crippen LogP) is 2.91. The van der Waals surface area contributed by atoms with E-state index in [9.17, 15) is 10.2 Å². The van der Waals surface area contributed by atoms with Crippen LogP contribution in [-0.4, -0.2) is 27.8 Å². The van der Waals surface area contributed by atoms with E-state index in [0.717, 1.165) is 55.2 Å². The Hall–Kier alpha value is -1.85. The van der Waals surface area contributed by atoms with Crippen molar-refractivity contribution in [3.8, 4) is 11.5 Å². The minimum Gasteiger partial charge on any atom is -0.504 e. The maximum absolute atomic E-state index is 9.51. The van der Waals surface area contributed by atoms with Crippen LogP contribution in [0.5, 0.6) is 11.5 Å². The number of phenols is 2. The number of aryl methyl sites for hydroxylation is 2. The van der Waals surface area contributed by atoms with E-state index in [0.29, 0.717) is 6.04 Å². The molecule has 1 aliphatic rings. The molecule has 5 nitrogen and oxygen atoms in total. The summed E-state index contributed by atoms with van der Waals surface area (Å²) in [6.07, 6.45) is 6.64. The third kappa shape index (κ3) is 4.36. The van der Waals surface area contributed by atoms with E-state index in [1.165, 1.54) is 23.6 Å². The van der Waals surface area contributed by atoms with E-state index in [1.54, 1.807) is 6.07 Å². The van der Waals surface area contributed by atoms with Crippen molar-refractivity contribution in [3.05, 3.63) is 29.0 Å². The van der Waals surface area contributed by atoms with Crippen LogP contribution in [0.3, 0.4) is 0 Å². The molecule has 0 aliphatic heterocycles. The highest BCUT2D eigenvalue weighted by Gasteiger charge is 2.18. The first-order valence-electron chi connectivity index (χ1n) is 8.73. The van der Waals surface area contributed by atoms with E-state index in [4.69, 9.17) is 11.5 Å². The fourth-order valence-electron chi connectivity index (χ4n) is 3.13. The number of benzene rings is 1. The Morgan fingerprint density at radius 2 is 1.88 bits per heavy atom. The molecule has 1 unspecified atom stereocenters. The Kier molecular flexibility index (Phi) is 6.40. The number of aromatic nitrogens is 1. The second kappa shape index (κ2) is 8.31. The van der Waals surface area contributed by atoms with Crippen LogP contribution in [0.25, 0.3) is 10.9 Å². The number of hydrogen-bond acceptors (Lipinski definition) is 5. The number of hydrogen-bond donors (Lipinski definition) is 4. The Labute approximate surface area is 143 Å². The van der Waals surface area contributed by atoms with Crippen LogP contribution in [0.4, 0.5) is 0 Å². The van der Waals surface area contributed by atoms with Crippen molar-refractivity contribution in [1.29, 1.82) is 0 Å². The molecule has 2 aromatic rings. The number of pyridine rings is 1. The highest BCUT2D eigenvalue weighted by atomic mass is 16.3. The summed E-state index contributed by atoms with van der Waals surface area (Å²) in [6.45, 7) is 4.88. The Morgan fingerprint density at radius 3 is 2.54 bits per heavy atom. The Morgan fingerprint density at radius 1 is 1.17 bits per heavy atom. The molecule has 5 heteroatoms. The van der Waals surface area contributed by atoms with Crippen molar-refractivity contribution in [2.24, 2.45) is 11.5 Å². The monoisotopic (exact) mass is 331 g/mol. The third-order valence-corrected chi connectivity index (χ3v) is 4.51. The van der Waals surface area contributed by atoms with Crippen molar-refractivity contribution in [2.45, 2.75) is 58.4 Å². The highest BCUT2D eigenvalue weighted by Crippen LogP contribution is 2.35. The first kappa shape index (κ1) is 18.5. The second-order valence-electron chi connectivity index (χ2n) is 6.64. The zero-order chi connectivity index (χ0) is 17.7. The van der Waals surface area contributed by atoms with Crippen molar-refractivity contribution in [3.63, 3.8) is 0 Å². The lowest BCUT2D eigenvalue weighted by Crippen LogP contribution is -2.14. The second-order valence-corrected chi connectivity index (χ2v) is 6.64. The number of fused-ring (bicyclic) bond motifs is 2. The lowest BCUT2D eigenvalue weighted by Gasteiger charge is -2.09. The number of aromatic hydroxyl groups is 2. The van der Waals surface area contributed by atoms with Gasteiger partial charge < -0.3 is 21.7 Å². The quantitative estimate of drug-likeness (QED) is 0.509. The van der Waals surface area contributed by atoms with E-state index in [2.05, 4.69) is 11.9 Å². The third-order valence-electron chi connectivity index (χ3n) is 4.51. The zero-order valence-corrected chi connectivity index (χ0v) is 14.7. The molecule has 1 atom stereocenters. The van der Waals surface area contributed by atoms with Crippen LogP contribution in [-0.2, 0) is 12.8 Å². The summed E-state index contributed by atoms with van der Waals surface area (Å²) < 4.78 is 0. The maximum atomic E-state index is 9.51. The van der Waals surface area contributed by atoms with Gasteiger partial charge in [0.1, 0.15) is 0 Å². The van der Waals surface area contributed by atoms with Gasteiger partial charge in [-0.1, -0.05) is 6.42 Å². The van der Waals surface area contributed by atoms with E-state index < -0.39 is 0 Å². The van der Waals surface area contributed by atoms with E-state index in [1.807, 2.05) is 6.92 Å². The Balaban J connectivity index is 0.000000224. The maximum Gasteiger partial charge on any atom is 0.159 e. The molecule has 0 fully saturated rings. The molecule has 0 radical (unpaired) electrons. The number of phenolic OH excluding ortho intramolecular Hbond substituents is 2. The summed E-state index contributed by atoms with van der Waals surface area (Å²) in [5.74, 6) is -0.173. The molecule has 0 saturated carbocycles. The fourth-order valence-corrected chi connectivity index (χ4v) is 3.13. The molecule has 0 amide bonds. The number of unbranched alkanes of at least 4 members (excludes halogenated alkanes) is 1. The van der Waals surface area contributed by atoms with Gasteiger partial charge in [0.05, 0.1) is 5.52 Å². The van der Waals surface area contributed by atoms with Gasteiger partial charge in [0.15, 0.2) is 11.5 Å². The highest BCUT2D eigenvalue weighted by molar-refractivity contribution is 5.86. The summed E-state index contributed by atoms with van der Waals surface area (Å²) in [4.78, 5) is 4.55. The van der Waals surface area contributed by atoms with E-state index in [-0.39, 0.29) is 11.5 Å². The minimum atomic E-state index is -0.0997. The van der Waals surface area contributed by atoms with Crippen LogP contribution < -0.4 is 11.5 Å². The molecule has 0 saturated heterocycles. The molecular weight excluding hydrogens is 302 g/mol. The van der Waals surface area contributed by atoms with Crippen molar-refractivity contribution >= 4 is 10.9 Å². The van der Waals surface area contributed by atoms with Crippen molar-refractivity contribution < 1.29 is 10.2 Å². The zero-order valence-electron chi connectivity index (χ0n) is 14.7. The number of nitrogens with two attached hydrogens (primary N) is 2. The largest absolute Gasteiger partial charge is 0.504 e. The minimum absolute atomic E-state index is 0.0738. The average Bonchev–Trinajstić information content (AvgIpc) is 2.99. The van der Waals surface area contributed by atoms with Crippen LogP contribution in [0.15, 0.2) is 12.1 Å². The van der Waals surface area contributed by atoms with Gasteiger partial charge in [0.25, 0.3) is 0 Å². The van der Waals surface area contributed by atoms with Crippen molar-refractivity contribution in [1.82, 2.24) is 4.98 Å². The summed E-state index contributed by atoms with van der Waals surface area (Å²) >= 11 is 0. The first-order valence-corrected chi connectivity index (χ1v) is 8.73. The Bertz CT molecular complexity index is 699. The molecule has 1 aromatic carbocycles. The summed E-state index contributed by atoms with van der Waals surface area (Å²) in [5.41, 5.74) is 15.2. The fraction of sp³-hybridized carbons (Fsp3) is 0.526. The molecule has 6 N–H and O–H groups in total. The van der Waals surface area contributed by atoms with Gasteiger partial charge in [-0.05, 0) is 69.7 Å². The summed E-state index contributed by atoms with van der Waals surface area (Å²) in [7, 11) is 0. The van der Waals surface area contributed by atoms with Gasteiger partial charge >= 0.3 is 0 Å². The van der Waals surface area contributed by atoms with Crippen LogP contribution in [0.2, 0.25) is 0 Å². The summed E-state index contributed by atoms with van der Waals surface area (Å²) in [6, 6.07) is 3.49. The molecule has 1 heterocycles. The smallest absolute Gasteiger partial charge is 0.159 e. The molecule has 1 aliphatic carbocycles. The normalized spacial score (nSPS) is 14.2. The van der Waals surface area contributed by atoms with E-state index >= 15 is 0 Å². The topological polar surface area (TPSA) is 105 Å². The van der Waals surface area contributed by atoms with Gasteiger partial charge in [-0.2, -0.15) is 0 Å². The van der Waals surface area contributed by atoms with Gasteiger partial charge in [0.2, 0.25) is 0 Å². The number of rotatable bonds is 4. The van der Waals surface area contributed by atoms with Gasteiger partial charge in [0, 0.05) is 23.2 Å². The molecule has 1 aromatic heterocycles. The van der Waals surface area contributed by atoms with Crippen molar-refractivity contribution in [2.75, 3.05) is 6.54 Å². The van der Waals surface area contributed by atoms with Crippen LogP contribution in [0.1, 0.15) is 49.4 Å². The average molecular weight is 331 g/mol. The van der Waals surface area contributed by atoms with Crippen LogP contribution in [0, 0.1) is 6.92 Å². The summed E-state index contributed by atoms with van der Waals surface area (Å²) in [5, 5.41) is 19.9. The molecule has 0 spiro atoms. The molecule has 0 bridgehead atoms. The van der Waals surface area contributed by atoms with Gasteiger partial charge in [-0.3, -0.25) is 4.98 Å². The molecular formula is C19H29N3O2. The molecule has 132 valence electrons. The molecule has 3 rings (SSSR count). The lowest BCUT2D eigenvalue weighted by molar-refractivity contribution is 0.405. The molecule has 24 heavy (non-hydrogen) atoms. The lowest BCUT2D eigenvalue weighted by atomic mass is 10.0. The number of nitrogens with zero attached hydrogens (tertiary/aromatic N) is 1. The van der Waals surface area contributed by atoms with Gasteiger partial charge in [-0.15, -0.1) is 0 Å².